The summed E-state index contributed by atoms with van der Waals surface area (Å²) in [7, 11) is 0. The van der Waals surface area contributed by atoms with Gasteiger partial charge in [-0.2, -0.15) is 0 Å². The maximum absolute atomic E-state index is 12.4. The van der Waals surface area contributed by atoms with Crippen LogP contribution in [-0.4, -0.2) is 49.2 Å². The van der Waals surface area contributed by atoms with E-state index in [1.165, 1.54) is 0 Å². The Morgan fingerprint density at radius 2 is 2.12 bits per heavy atom. The minimum atomic E-state index is -0.113. The number of ether oxygens (including phenoxy) is 1. The van der Waals surface area contributed by atoms with Crippen molar-refractivity contribution in [3.05, 3.63) is 24.3 Å². The molecular formula is C18H25N3O3. The zero-order valence-electron chi connectivity index (χ0n) is 14.2. The first-order valence-corrected chi connectivity index (χ1v) is 8.75. The number of hydrogen-bond acceptors (Lipinski definition) is 3. The van der Waals surface area contributed by atoms with Gasteiger partial charge in [-0.1, -0.05) is 0 Å². The molecule has 0 radical (unpaired) electrons. The van der Waals surface area contributed by atoms with E-state index >= 15 is 0 Å². The van der Waals surface area contributed by atoms with Crippen molar-refractivity contribution >= 4 is 23.3 Å². The molecule has 2 aliphatic heterocycles. The van der Waals surface area contributed by atoms with Crippen LogP contribution >= 0.6 is 0 Å². The molecule has 0 unspecified atom stereocenters. The lowest BCUT2D eigenvalue weighted by Gasteiger charge is -2.24. The molecule has 2 fully saturated rings. The largest absolute Gasteiger partial charge is 0.376 e. The minimum absolute atomic E-state index is 0.113. The SMILES string of the molecule is CCN(C[C@@H]1CCCO1)C(=O)Nc1ccc(N2CCCC2=O)cc1. The van der Waals surface area contributed by atoms with Crippen LogP contribution in [-0.2, 0) is 9.53 Å². The van der Waals surface area contributed by atoms with Crippen molar-refractivity contribution in [1.82, 2.24) is 4.90 Å². The molecular weight excluding hydrogens is 306 g/mol. The molecule has 0 aromatic heterocycles. The number of urea groups is 1. The molecule has 2 aliphatic rings. The zero-order chi connectivity index (χ0) is 16.9. The van der Waals surface area contributed by atoms with Gasteiger partial charge in [0.15, 0.2) is 0 Å². The van der Waals surface area contributed by atoms with Crippen molar-refractivity contribution in [2.24, 2.45) is 0 Å². The van der Waals surface area contributed by atoms with Gasteiger partial charge >= 0.3 is 6.03 Å². The summed E-state index contributed by atoms with van der Waals surface area (Å²) in [6.07, 6.45) is 3.77. The maximum Gasteiger partial charge on any atom is 0.321 e. The maximum atomic E-state index is 12.4. The topological polar surface area (TPSA) is 61.9 Å². The van der Waals surface area contributed by atoms with Crippen molar-refractivity contribution in [3.8, 4) is 0 Å². The van der Waals surface area contributed by atoms with Crippen LogP contribution < -0.4 is 10.2 Å². The Hall–Kier alpha value is -2.08. The molecule has 0 spiro atoms. The number of nitrogens with zero attached hydrogens (tertiary/aromatic N) is 2. The van der Waals surface area contributed by atoms with E-state index in [-0.39, 0.29) is 18.0 Å². The summed E-state index contributed by atoms with van der Waals surface area (Å²) >= 11 is 0. The van der Waals surface area contributed by atoms with Gasteiger partial charge in [-0.3, -0.25) is 4.79 Å². The number of hydrogen-bond donors (Lipinski definition) is 1. The van der Waals surface area contributed by atoms with Crippen LogP contribution in [0, 0.1) is 0 Å². The third kappa shape index (κ3) is 3.87. The molecule has 0 aliphatic carbocycles. The molecule has 2 heterocycles. The van der Waals surface area contributed by atoms with Gasteiger partial charge < -0.3 is 19.9 Å². The summed E-state index contributed by atoms with van der Waals surface area (Å²) in [5.41, 5.74) is 1.63. The second kappa shape index (κ2) is 7.66. The summed E-state index contributed by atoms with van der Waals surface area (Å²) < 4.78 is 5.61. The van der Waals surface area contributed by atoms with Crippen molar-refractivity contribution in [1.29, 1.82) is 0 Å². The Morgan fingerprint density at radius 1 is 1.33 bits per heavy atom. The second-order valence-electron chi connectivity index (χ2n) is 6.30. The number of rotatable bonds is 5. The molecule has 6 heteroatoms. The number of amides is 3. The fourth-order valence-corrected chi connectivity index (χ4v) is 3.24. The molecule has 0 saturated carbocycles. The van der Waals surface area contributed by atoms with Crippen LogP contribution in [0.15, 0.2) is 24.3 Å². The summed E-state index contributed by atoms with van der Waals surface area (Å²) in [6, 6.07) is 7.35. The molecule has 24 heavy (non-hydrogen) atoms. The molecule has 1 aromatic carbocycles. The van der Waals surface area contributed by atoms with Gasteiger partial charge in [0.1, 0.15) is 0 Å². The van der Waals surface area contributed by atoms with Gasteiger partial charge in [0, 0.05) is 44.0 Å². The van der Waals surface area contributed by atoms with E-state index in [4.69, 9.17) is 4.74 Å². The van der Waals surface area contributed by atoms with Crippen molar-refractivity contribution in [2.45, 2.75) is 38.7 Å². The van der Waals surface area contributed by atoms with Gasteiger partial charge in [-0.15, -0.1) is 0 Å². The molecule has 3 amide bonds. The smallest absolute Gasteiger partial charge is 0.321 e. The average molecular weight is 331 g/mol. The number of likely N-dealkylation sites (N-methyl/N-ethyl adjacent to an activating group) is 1. The molecule has 1 N–H and O–H groups in total. The highest BCUT2D eigenvalue weighted by atomic mass is 16.5. The molecule has 130 valence electrons. The van der Waals surface area contributed by atoms with E-state index in [1.54, 1.807) is 9.80 Å². The lowest BCUT2D eigenvalue weighted by atomic mass is 10.2. The highest BCUT2D eigenvalue weighted by Crippen LogP contribution is 2.23. The third-order valence-corrected chi connectivity index (χ3v) is 4.62. The normalized spacial score (nSPS) is 20.5. The quantitative estimate of drug-likeness (QED) is 0.902. The first-order chi connectivity index (χ1) is 11.7. The van der Waals surface area contributed by atoms with Crippen LogP contribution in [0.5, 0.6) is 0 Å². The van der Waals surface area contributed by atoms with Gasteiger partial charge in [0.2, 0.25) is 5.91 Å². The van der Waals surface area contributed by atoms with Crippen molar-refractivity contribution in [2.75, 3.05) is 36.5 Å². The molecule has 1 atom stereocenters. The fourth-order valence-electron chi connectivity index (χ4n) is 3.24. The van der Waals surface area contributed by atoms with Gasteiger partial charge in [-0.25, -0.2) is 4.79 Å². The summed E-state index contributed by atoms with van der Waals surface area (Å²) in [5, 5.41) is 2.92. The van der Waals surface area contributed by atoms with Crippen LogP contribution in [0.3, 0.4) is 0 Å². The molecule has 3 rings (SSSR count). The predicted molar refractivity (Wildman–Crippen MR) is 93.3 cm³/mol. The number of carbonyl (C=O) groups excluding carboxylic acids is 2. The number of carbonyl (C=O) groups is 2. The Bertz CT molecular complexity index is 582. The van der Waals surface area contributed by atoms with Crippen molar-refractivity contribution in [3.63, 3.8) is 0 Å². The van der Waals surface area contributed by atoms with E-state index in [0.29, 0.717) is 19.5 Å². The van der Waals surface area contributed by atoms with Crippen LogP contribution in [0.4, 0.5) is 16.2 Å². The predicted octanol–water partition coefficient (Wildman–Crippen LogP) is 2.85. The summed E-state index contributed by atoms with van der Waals surface area (Å²) in [6.45, 7) is 4.81. The Labute approximate surface area is 142 Å². The van der Waals surface area contributed by atoms with Crippen LogP contribution in [0.1, 0.15) is 32.6 Å². The highest BCUT2D eigenvalue weighted by molar-refractivity contribution is 5.96. The van der Waals surface area contributed by atoms with Crippen molar-refractivity contribution < 1.29 is 14.3 Å². The van der Waals surface area contributed by atoms with Gasteiger partial charge in [0.05, 0.1) is 6.10 Å². The summed E-state index contributed by atoms with van der Waals surface area (Å²) in [4.78, 5) is 27.8. The third-order valence-electron chi connectivity index (χ3n) is 4.62. The molecule has 1 aromatic rings. The monoisotopic (exact) mass is 331 g/mol. The lowest BCUT2D eigenvalue weighted by molar-refractivity contribution is -0.117. The van der Waals surface area contributed by atoms with E-state index in [2.05, 4.69) is 5.32 Å². The van der Waals surface area contributed by atoms with Crippen LogP contribution in [0.25, 0.3) is 0 Å². The fraction of sp³-hybridized carbons (Fsp3) is 0.556. The Kier molecular flexibility index (Phi) is 5.35. The molecule has 2 saturated heterocycles. The molecule has 0 bridgehead atoms. The summed E-state index contributed by atoms with van der Waals surface area (Å²) in [5.74, 6) is 0.167. The Morgan fingerprint density at radius 3 is 2.71 bits per heavy atom. The molecule has 6 nitrogen and oxygen atoms in total. The first-order valence-electron chi connectivity index (χ1n) is 8.75. The van der Waals surface area contributed by atoms with Gasteiger partial charge in [0.25, 0.3) is 0 Å². The first kappa shape index (κ1) is 16.8. The van der Waals surface area contributed by atoms with Crippen LogP contribution in [0.2, 0.25) is 0 Å². The van der Waals surface area contributed by atoms with E-state index in [9.17, 15) is 9.59 Å². The standard InChI is InChI=1S/C18H25N3O3/c1-2-20(13-16-5-4-12-24-16)18(23)19-14-7-9-15(10-8-14)21-11-3-6-17(21)22/h7-10,16H,2-6,11-13H2,1H3,(H,19,23)/t16-/m0/s1. The van der Waals surface area contributed by atoms with E-state index in [0.717, 1.165) is 43.8 Å². The number of anilines is 2. The average Bonchev–Trinajstić information content (AvgIpc) is 3.25. The van der Waals surface area contributed by atoms with E-state index in [1.807, 2.05) is 31.2 Å². The van der Waals surface area contributed by atoms with E-state index < -0.39 is 0 Å². The zero-order valence-corrected chi connectivity index (χ0v) is 14.2. The highest BCUT2D eigenvalue weighted by Gasteiger charge is 2.23. The lowest BCUT2D eigenvalue weighted by Crippen LogP contribution is -2.39. The second-order valence-corrected chi connectivity index (χ2v) is 6.30. The number of nitrogens with one attached hydrogen (secondary N) is 1. The van der Waals surface area contributed by atoms with Gasteiger partial charge in [-0.05, 0) is 50.5 Å². The Balaban J connectivity index is 1.57. The number of benzene rings is 1. The minimum Gasteiger partial charge on any atom is -0.376 e.